The number of aromatic hydroxyl groups is 1. The van der Waals surface area contributed by atoms with E-state index in [0.29, 0.717) is 37.1 Å². The minimum atomic E-state index is -0.655. The lowest BCUT2D eigenvalue weighted by Gasteiger charge is -2.23. The van der Waals surface area contributed by atoms with Crippen molar-refractivity contribution in [2.45, 2.75) is 52.5 Å². The molecule has 0 saturated carbocycles. The molecule has 0 spiro atoms. The number of aryl methyl sites for hydroxylation is 3. The summed E-state index contributed by atoms with van der Waals surface area (Å²) in [6, 6.07) is 21.6. The molecule has 0 unspecified atom stereocenters. The summed E-state index contributed by atoms with van der Waals surface area (Å²) in [4.78, 5) is 26.2. The summed E-state index contributed by atoms with van der Waals surface area (Å²) >= 11 is 0. The monoisotopic (exact) mass is 487 g/mol. The van der Waals surface area contributed by atoms with E-state index in [2.05, 4.69) is 31.4 Å². The lowest BCUT2D eigenvalue weighted by atomic mass is 9.96. The van der Waals surface area contributed by atoms with E-state index >= 15 is 0 Å². The molecule has 36 heavy (non-hydrogen) atoms. The maximum absolute atomic E-state index is 13.2. The van der Waals surface area contributed by atoms with Crippen molar-refractivity contribution in [3.05, 3.63) is 95.1 Å². The molecule has 0 aliphatic heterocycles. The molecule has 3 rings (SSSR count). The van der Waals surface area contributed by atoms with Crippen LogP contribution in [0.2, 0.25) is 0 Å². The van der Waals surface area contributed by atoms with E-state index in [4.69, 9.17) is 5.73 Å². The molecule has 0 fully saturated rings. The topological polar surface area (TPSA) is 104 Å². The average molecular weight is 488 g/mol. The second kappa shape index (κ2) is 12.2. The second-order valence-corrected chi connectivity index (χ2v) is 10.4. The molecule has 2 amide bonds. The molecule has 0 aromatic heterocycles. The van der Waals surface area contributed by atoms with Gasteiger partial charge in [-0.1, -0.05) is 63.2 Å². The lowest BCUT2D eigenvalue weighted by Crippen LogP contribution is -2.48. The molecule has 0 saturated heterocycles. The zero-order chi connectivity index (χ0) is 26.1. The van der Waals surface area contributed by atoms with Gasteiger partial charge in [0, 0.05) is 17.8 Å². The first-order chi connectivity index (χ1) is 17.1. The van der Waals surface area contributed by atoms with E-state index in [0.717, 1.165) is 23.1 Å². The Bertz CT molecular complexity index is 1150. The molecule has 6 nitrogen and oxygen atoms in total. The zero-order valence-electron chi connectivity index (χ0n) is 21.4. The van der Waals surface area contributed by atoms with Crippen molar-refractivity contribution < 1.29 is 14.7 Å². The highest BCUT2D eigenvalue weighted by atomic mass is 16.3. The summed E-state index contributed by atoms with van der Waals surface area (Å²) in [7, 11) is 0. The third-order valence-corrected chi connectivity index (χ3v) is 6.00. The van der Waals surface area contributed by atoms with Crippen LogP contribution in [0.1, 0.15) is 54.2 Å². The highest BCUT2D eigenvalue weighted by Crippen LogP contribution is 2.19. The minimum Gasteiger partial charge on any atom is -0.508 e. The van der Waals surface area contributed by atoms with Gasteiger partial charge in [0.25, 0.3) is 5.91 Å². The van der Waals surface area contributed by atoms with Gasteiger partial charge in [0.2, 0.25) is 5.91 Å². The van der Waals surface area contributed by atoms with E-state index in [1.165, 1.54) is 0 Å². The smallest absolute Gasteiger partial charge is 0.251 e. The predicted molar refractivity (Wildman–Crippen MR) is 145 cm³/mol. The average Bonchev–Trinajstić information content (AvgIpc) is 2.85. The number of phenols is 1. The van der Waals surface area contributed by atoms with E-state index in [1.54, 1.807) is 30.3 Å². The number of benzene rings is 3. The SMILES string of the molecule is CC(C)(C)CNC(=O)[C@H](CCc1ccccc1)NC(=O)c1ccc(N)c(CCc2ccc(O)cc2)c1. The number of carbonyl (C=O) groups excluding carboxylic acids is 2. The summed E-state index contributed by atoms with van der Waals surface area (Å²) in [5, 5.41) is 15.4. The van der Waals surface area contributed by atoms with Gasteiger partial charge in [-0.15, -0.1) is 0 Å². The van der Waals surface area contributed by atoms with Crippen molar-refractivity contribution in [2.75, 3.05) is 12.3 Å². The number of nitrogens with one attached hydrogen (secondary N) is 2. The van der Waals surface area contributed by atoms with Crippen molar-refractivity contribution in [1.82, 2.24) is 10.6 Å². The van der Waals surface area contributed by atoms with E-state index in [9.17, 15) is 14.7 Å². The summed E-state index contributed by atoms with van der Waals surface area (Å²) in [6.45, 7) is 6.68. The highest BCUT2D eigenvalue weighted by Gasteiger charge is 2.23. The Hall–Kier alpha value is -3.80. The number of amides is 2. The first kappa shape index (κ1) is 26.8. The fourth-order valence-corrected chi connectivity index (χ4v) is 3.85. The molecule has 0 aliphatic carbocycles. The van der Waals surface area contributed by atoms with Crippen LogP contribution in [-0.4, -0.2) is 29.5 Å². The molecule has 3 aromatic carbocycles. The van der Waals surface area contributed by atoms with Gasteiger partial charge in [-0.25, -0.2) is 0 Å². The predicted octanol–water partition coefficient (Wildman–Crippen LogP) is 4.65. The molecular weight excluding hydrogens is 450 g/mol. The summed E-state index contributed by atoms with van der Waals surface area (Å²) in [5.41, 5.74) is 10.3. The number of rotatable bonds is 10. The molecule has 0 bridgehead atoms. The lowest BCUT2D eigenvalue weighted by molar-refractivity contribution is -0.123. The van der Waals surface area contributed by atoms with Gasteiger partial charge in [0.05, 0.1) is 0 Å². The van der Waals surface area contributed by atoms with Crippen LogP contribution in [0.15, 0.2) is 72.8 Å². The van der Waals surface area contributed by atoms with Crippen molar-refractivity contribution >= 4 is 17.5 Å². The quantitative estimate of drug-likeness (QED) is 0.312. The van der Waals surface area contributed by atoms with Crippen molar-refractivity contribution in [2.24, 2.45) is 5.41 Å². The van der Waals surface area contributed by atoms with Crippen LogP contribution in [0.25, 0.3) is 0 Å². The molecule has 190 valence electrons. The zero-order valence-corrected chi connectivity index (χ0v) is 21.4. The Labute approximate surface area is 213 Å². The number of anilines is 1. The third kappa shape index (κ3) is 8.45. The van der Waals surface area contributed by atoms with Crippen LogP contribution >= 0.6 is 0 Å². The van der Waals surface area contributed by atoms with Crippen LogP contribution < -0.4 is 16.4 Å². The fourth-order valence-electron chi connectivity index (χ4n) is 3.85. The molecule has 0 radical (unpaired) electrons. The van der Waals surface area contributed by atoms with Crippen LogP contribution in [0, 0.1) is 5.41 Å². The van der Waals surface area contributed by atoms with E-state index in [1.807, 2.05) is 42.5 Å². The van der Waals surface area contributed by atoms with Gasteiger partial charge in [-0.3, -0.25) is 9.59 Å². The molecule has 5 N–H and O–H groups in total. The molecular formula is C30H37N3O3. The maximum Gasteiger partial charge on any atom is 0.251 e. The molecule has 6 heteroatoms. The van der Waals surface area contributed by atoms with E-state index < -0.39 is 6.04 Å². The van der Waals surface area contributed by atoms with Crippen LogP contribution in [0.5, 0.6) is 5.75 Å². The number of nitrogen functional groups attached to an aromatic ring is 1. The van der Waals surface area contributed by atoms with E-state index in [-0.39, 0.29) is 23.0 Å². The van der Waals surface area contributed by atoms with Gasteiger partial charge in [-0.2, -0.15) is 0 Å². The van der Waals surface area contributed by atoms with Crippen LogP contribution in [0.4, 0.5) is 5.69 Å². The van der Waals surface area contributed by atoms with Crippen molar-refractivity contribution in [1.29, 1.82) is 0 Å². The van der Waals surface area contributed by atoms with Crippen molar-refractivity contribution in [3.8, 4) is 5.75 Å². The minimum absolute atomic E-state index is 0.0625. The Morgan fingerprint density at radius 1 is 0.889 bits per heavy atom. The molecule has 3 aromatic rings. The Morgan fingerprint density at radius 3 is 2.22 bits per heavy atom. The van der Waals surface area contributed by atoms with Crippen LogP contribution in [-0.2, 0) is 24.1 Å². The first-order valence-corrected chi connectivity index (χ1v) is 12.4. The molecule has 0 heterocycles. The van der Waals surface area contributed by atoms with Gasteiger partial charge in [0.1, 0.15) is 11.8 Å². The highest BCUT2D eigenvalue weighted by molar-refractivity contribution is 5.98. The number of hydrogen-bond donors (Lipinski definition) is 4. The first-order valence-electron chi connectivity index (χ1n) is 12.4. The van der Waals surface area contributed by atoms with Gasteiger partial charge < -0.3 is 21.5 Å². The second-order valence-electron chi connectivity index (χ2n) is 10.4. The summed E-state index contributed by atoms with van der Waals surface area (Å²) in [5.74, 6) is -0.257. The standard InChI is InChI=1S/C30H37N3O3/c1-30(2,3)20-32-29(36)27(18-12-21-7-5-4-6-8-21)33-28(35)24-14-17-26(31)23(19-24)13-9-22-10-15-25(34)16-11-22/h4-8,10-11,14-17,19,27,34H,9,12-13,18,20,31H2,1-3H3,(H,32,36)(H,33,35)/t27-/m0/s1. The molecule has 0 aliphatic rings. The van der Waals surface area contributed by atoms with Gasteiger partial charge >= 0.3 is 0 Å². The third-order valence-electron chi connectivity index (χ3n) is 6.00. The number of carbonyl (C=O) groups is 2. The van der Waals surface area contributed by atoms with Crippen molar-refractivity contribution in [3.63, 3.8) is 0 Å². The fraction of sp³-hybridized carbons (Fsp3) is 0.333. The van der Waals surface area contributed by atoms with Gasteiger partial charge in [0.15, 0.2) is 0 Å². The Morgan fingerprint density at radius 2 is 1.56 bits per heavy atom. The molecule has 1 atom stereocenters. The number of hydrogen-bond acceptors (Lipinski definition) is 4. The summed E-state index contributed by atoms with van der Waals surface area (Å²) < 4.78 is 0. The number of phenolic OH excluding ortho intramolecular Hbond substituents is 1. The summed E-state index contributed by atoms with van der Waals surface area (Å²) in [6.07, 6.45) is 2.55. The maximum atomic E-state index is 13.2. The van der Waals surface area contributed by atoms with Crippen LogP contribution in [0.3, 0.4) is 0 Å². The normalized spacial score (nSPS) is 12.1. The Kier molecular flexibility index (Phi) is 9.12. The number of nitrogens with two attached hydrogens (primary N) is 1. The Balaban J connectivity index is 1.70. The van der Waals surface area contributed by atoms with Gasteiger partial charge in [-0.05, 0) is 78.1 Å². The largest absolute Gasteiger partial charge is 0.508 e.